The van der Waals surface area contributed by atoms with E-state index < -0.39 is 5.97 Å². The maximum absolute atomic E-state index is 10.3. The SMILES string of the molecule is C=CCOc1ccoc1CCC(=O)O. The first-order valence-corrected chi connectivity index (χ1v) is 4.26. The molecule has 0 aliphatic rings. The lowest BCUT2D eigenvalue weighted by molar-refractivity contribution is -0.137. The number of carbonyl (C=O) groups is 1. The van der Waals surface area contributed by atoms with Gasteiger partial charge in [-0.2, -0.15) is 0 Å². The summed E-state index contributed by atoms with van der Waals surface area (Å²) in [7, 11) is 0. The van der Waals surface area contributed by atoms with E-state index in [0.29, 0.717) is 24.5 Å². The van der Waals surface area contributed by atoms with Crippen molar-refractivity contribution < 1.29 is 19.1 Å². The Labute approximate surface area is 81.8 Å². The Morgan fingerprint density at radius 2 is 2.50 bits per heavy atom. The average Bonchev–Trinajstić information content (AvgIpc) is 2.58. The molecule has 0 aromatic carbocycles. The largest absolute Gasteiger partial charge is 0.486 e. The first-order valence-electron chi connectivity index (χ1n) is 4.26. The van der Waals surface area contributed by atoms with Gasteiger partial charge in [0.1, 0.15) is 12.4 Å². The molecule has 0 unspecified atom stereocenters. The molecule has 1 aromatic heterocycles. The van der Waals surface area contributed by atoms with Crippen molar-refractivity contribution in [3.8, 4) is 5.75 Å². The van der Waals surface area contributed by atoms with Crippen LogP contribution in [-0.2, 0) is 11.2 Å². The van der Waals surface area contributed by atoms with E-state index in [2.05, 4.69) is 6.58 Å². The number of aryl methyl sites for hydroxylation is 1. The molecular weight excluding hydrogens is 184 g/mol. The van der Waals surface area contributed by atoms with Crippen molar-refractivity contribution in [2.24, 2.45) is 0 Å². The molecule has 4 nitrogen and oxygen atoms in total. The van der Waals surface area contributed by atoms with Crippen molar-refractivity contribution in [1.82, 2.24) is 0 Å². The molecule has 0 atom stereocenters. The standard InChI is InChI=1S/C10H12O4/c1-2-6-13-9-5-7-14-8(9)3-4-10(11)12/h2,5,7H,1,3-4,6H2,(H,11,12). The number of hydrogen-bond acceptors (Lipinski definition) is 3. The molecule has 0 aliphatic heterocycles. The Morgan fingerprint density at radius 1 is 1.71 bits per heavy atom. The second-order valence-corrected chi connectivity index (χ2v) is 2.70. The first-order chi connectivity index (χ1) is 6.74. The lowest BCUT2D eigenvalue weighted by atomic mass is 10.2. The summed E-state index contributed by atoms with van der Waals surface area (Å²) in [6.45, 7) is 3.90. The zero-order chi connectivity index (χ0) is 10.4. The molecule has 14 heavy (non-hydrogen) atoms. The summed E-state index contributed by atoms with van der Waals surface area (Å²) in [5, 5.41) is 8.48. The van der Waals surface area contributed by atoms with Crippen LogP contribution in [0.15, 0.2) is 29.4 Å². The fraction of sp³-hybridized carbons (Fsp3) is 0.300. The normalized spacial score (nSPS) is 9.71. The first kappa shape index (κ1) is 10.4. The Balaban J connectivity index is 2.53. The van der Waals surface area contributed by atoms with Gasteiger partial charge in [0.15, 0.2) is 5.75 Å². The van der Waals surface area contributed by atoms with Gasteiger partial charge < -0.3 is 14.3 Å². The summed E-state index contributed by atoms with van der Waals surface area (Å²) >= 11 is 0. The molecule has 76 valence electrons. The smallest absolute Gasteiger partial charge is 0.303 e. The summed E-state index contributed by atoms with van der Waals surface area (Å²) in [4.78, 5) is 10.3. The fourth-order valence-electron chi connectivity index (χ4n) is 1.01. The van der Waals surface area contributed by atoms with Crippen LogP contribution in [0.25, 0.3) is 0 Å². The van der Waals surface area contributed by atoms with Gasteiger partial charge in [-0.1, -0.05) is 12.7 Å². The summed E-state index contributed by atoms with van der Waals surface area (Å²) in [5.74, 6) is 0.302. The van der Waals surface area contributed by atoms with E-state index in [1.54, 1.807) is 12.1 Å². The van der Waals surface area contributed by atoms with Crippen molar-refractivity contribution in [1.29, 1.82) is 0 Å². The van der Waals surface area contributed by atoms with Crippen LogP contribution >= 0.6 is 0 Å². The molecule has 0 fully saturated rings. The van der Waals surface area contributed by atoms with Gasteiger partial charge in [-0.15, -0.1) is 0 Å². The molecule has 0 saturated heterocycles. The van der Waals surface area contributed by atoms with E-state index in [1.807, 2.05) is 0 Å². The molecule has 4 heteroatoms. The van der Waals surface area contributed by atoms with Crippen LogP contribution < -0.4 is 4.74 Å². The maximum atomic E-state index is 10.3. The van der Waals surface area contributed by atoms with Crippen LogP contribution in [0.5, 0.6) is 5.75 Å². The Hall–Kier alpha value is -1.71. The minimum absolute atomic E-state index is 0.0396. The third kappa shape index (κ3) is 2.97. The number of furan rings is 1. The van der Waals surface area contributed by atoms with E-state index in [9.17, 15) is 4.79 Å². The van der Waals surface area contributed by atoms with Crippen molar-refractivity contribution >= 4 is 5.97 Å². The molecular formula is C10H12O4. The minimum Gasteiger partial charge on any atom is -0.486 e. The number of rotatable bonds is 6. The highest BCUT2D eigenvalue weighted by atomic mass is 16.5. The lowest BCUT2D eigenvalue weighted by Gasteiger charge is -2.01. The topological polar surface area (TPSA) is 59.7 Å². The molecule has 1 rings (SSSR count). The van der Waals surface area contributed by atoms with Crippen LogP contribution in [-0.4, -0.2) is 17.7 Å². The molecule has 0 saturated carbocycles. The summed E-state index contributed by atoms with van der Waals surface area (Å²) in [5.41, 5.74) is 0. The summed E-state index contributed by atoms with van der Waals surface area (Å²) < 4.78 is 10.3. The van der Waals surface area contributed by atoms with E-state index in [1.165, 1.54) is 6.26 Å². The molecule has 0 radical (unpaired) electrons. The molecule has 0 bridgehead atoms. The van der Waals surface area contributed by atoms with E-state index in [4.69, 9.17) is 14.3 Å². The number of aliphatic carboxylic acids is 1. The van der Waals surface area contributed by atoms with Crippen molar-refractivity contribution in [3.05, 3.63) is 30.7 Å². The second kappa shape index (κ2) is 5.11. The third-order valence-electron chi connectivity index (χ3n) is 1.63. The molecule has 0 spiro atoms. The van der Waals surface area contributed by atoms with Crippen LogP contribution in [0, 0.1) is 0 Å². The summed E-state index contributed by atoms with van der Waals surface area (Å²) in [6.07, 6.45) is 3.48. The highest BCUT2D eigenvalue weighted by molar-refractivity contribution is 5.67. The quantitative estimate of drug-likeness (QED) is 0.705. The van der Waals surface area contributed by atoms with Crippen LogP contribution in [0.1, 0.15) is 12.2 Å². The zero-order valence-electron chi connectivity index (χ0n) is 7.73. The van der Waals surface area contributed by atoms with Gasteiger partial charge in [-0.05, 0) is 0 Å². The highest BCUT2D eigenvalue weighted by Gasteiger charge is 2.08. The molecule has 1 N–H and O–H groups in total. The van der Waals surface area contributed by atoms with E-state index >= 15 is 0 Å². The third-order valence-corrected chi connectivity index (χ3v) is 1.63. The van der Waals surface area contributed by atoms with Crippen molar-refractivity contribution in [3.63, 3.8) is 0 Å². The van der Waals surface area contributed by atoms with Crippen LogP contribution in [0.4, 0.5) is 0 Å². The van der Waals surface area contributed by atoms with Crippen LogP contribution in [0.3, 0.4) is 0 Å². The van der Waals surface area contributed by atoms with Gasteiger partial charge in [-0.25, -0.2) is 0 Å². The average molecular weight is 196 g/mol. The fourth-order valence-corrected chi connectivity index (χ4v) is 1.01. The van der Waals surface area contributed by atoms with Gasteiger partial charge >= 0.3 is 5.97 Å². The second-order valence-electron chi connectivity index (χ2n) is 2.70. The molecule has 1 heterocycles. The van der Waals surface area contributed by atoms with Gasteiger partial charge in [0.05, 0.1) is 12.7 Å². The maximum Gasteiger partial charge on any atom is 0.303 e. The molecule has 1 aromatic rings. The van der Waals surface area contributed by atoms with Gasteiger partial charge in [-0.3, -0.25) is 4.79 Å². The van der Waals surface area contributed by atoms with E-state index in [0.717, 1.165) is 0 Å². The van der Waals surface area contributed by atoms with Gasteiger partial charge in [0.25, 0.3) is 0 Å². The Kier molecular flexibility index (Phi) is 3.79. The van der Waals surface area contributed by atoms with Gasteiger partial charge in [0, 0.05) is 12.5 Å². The predicted molar refractivity (Wildman–Crippen MR) is 50.4 cm³/mol. The van der Waals surface area contributed by atoms with Gasteiger partial charge in [0.2, 0.25) is 0 Å². The lowest BCUT2D eigenvalue weighted by Crippen LogP contribution is -1.99. The zero-order valence-corrected chi connectivity index (χ0v) is 7.73. The van der Waals surface area contributed by atoms with Crippen LogP contribution in [0.2, 0.25) is 0 Å². The van der Waals surface area contributed by atoms with E-state index in [-0.39, 0.29) is 6.42 Å². The number of carboxylic acid groups (broad SMARTS) is 1. The van der Waals surface area contributed by atoms with Crippen molar-refractivity contribution in [2.75, 3.05) is 6.61 Å². The molecule has 0 amide bonds. The minimum atomic E-state index is -0.851. The number of carboxylic acids is 1. The predicted octanol–water partition coefficient (Wildman–Crippen LogP) is 1.86. The number of ether oxygens (including phenoxy) is 1. The Morgan fingerprint density at radius 3 is 3.14 bits per heavy atom. The summed E-state index contributed by atoms with van der Waals surface area (Å²) in [6, 6.07) is 1.67. The number of hydrogen-bond donors (Lipinski definition) is 1. The molecule has 0 aliphatic carbocycles. The highest BCUT2D eigenvalue weighted by Crippen LogP contribution is 2.21. The monoisotopic (exact) mass is 196 g/mol. The Bertz CT molecular complexity index is 314. The van der Waals surface area contributed by atoms with Crippen molar-refractivity contribution in [2.45, 2.75) is 12.8 Å².